The van der Waals surface area contributed by atoms with Crippen LogP contribution in [0.1, 0.15) is 44.3 Å². The van der Waals surface area contributed by atoms with Crippen LogP contribution in [0.4, 0.5) is 0 Å². The number of aromatic nitrogens is 1. The molecule has 19 heavy (non-hydrogen) atoms. The van der Waals surface area contributed by atoms with Crippen molar-refractivity contribution >= 4 is 23.2 Å². The van der Waals surface area contributed by atoms with Crippen LogP contribution in [0.25, 0.3) is 0 Å². The second-order valence-corrected chi connectivity index (χ2v) is 6.03. The van der Waals surface area contributed by atoms with E-state index >= 15 is 0 Å². The molecule has 0 saturated heterocycles. The smallest absolute Gasteiger partial charge is 0.303 e. The summed E-state index contributed by atoms with van der Waals surface area (Å²) < 4.78 is 0. The molecule has 0 spiro atoms. The Morgan fingerprint density at radius 2 is 2.16 bits per heavy atom. The zero-order valence-electron chi connectivity index (χ0n) is 11.5. The highest BCUT2D eigenvalue weighted by molar-refractivity contribution is 7.09. The fraction of sp³-hybridized carbons (Fsp3) is 0.615. The van der Waals surface area contributed by atoms with Crippen molar-refractivity contribution in [3.8, 4) is 0 Å². The van der Waals surface area contributed by atoms with Crippen LogP contribution >= 0.6 is 11.3 Å². The van der Waals surface area contributed by atoms with E-state index in [0.29, 0.717) is 6.42 Å². The number of carboxylic acids is 1. The molecule has 0 saturated carbocycles. The standard InChI is InChI=1S/C13H20N2O3S/c1-4-9-8-19-11(14-9)7-10(16)15-13(2,3)6-5-12(17)18/h8H,4-7H2,1-3H3,(H,15,16)(H,17,18). The van der Waals surface area contributed by atoms with Crippen molar-refractivity contribution < 1.29 is 14.7 Å². The van der Waals surface area contributed by atoms with Crippen LogP contribution in [0.5, 0.6) is 0 Å². The second-order valence-electron chi connectivity index (χ2n) is 5.09. The van der Waals surface area contributed by atoms with Crippen LogP contribution in [0.2, 0.25) is 0 Å². The number of aryl methyl sites for hydroxylation is 1. The second kappa shape index (κ2) is 6.65. The first kappa shape index (κ1) is 15.6. The third-order valence-electron chi connectivity index (χ3n) is 2.72. The van der Waals surface area contributed by atoms with Crippen molar-refractivity contribution in [3.05, 3.63) is 16.1 Å². The first-order chi connectivity index (χ1) is 8.82. The summed E-state index contributed by atoms with van der Waals surface area (Å²) >= 11 is 1.48. The van der Waals surface area contributed by atoms with Gasteiger partial charge >= 0.3 is 5.97 Å². The zero-order valence-corrected chi connectivity index (χ0v) is 12.3. The number of hydrogen-bond acceptors (Lipinski definition) is 4. The predicted molar refractivity (Wildman–Crippen MR) is 74.3 cm³/mol. The number of nitrogens with zero attached hydrogens (tertiary/aromatic N) is 1. The monoisotopic (exact) mass is 284 g/mol. The van der Waals surface area contributed by atoms with Crippen molar-refractivity contribution in [3.63, 3.8) is 0 Å². The third-order valence-corrected chi connectivity index (χ3v) is 3.61. The molecule has 0 radical (unpaired) electrons. The molecule has 6 heteroatoms. The van der Waals surface area contributed by atoms with Gasteiger partial charge in [-0.05, 0) is 26.7 Å². The number of carboxylic acid groups (broad SMARTS) is 1. The van der Waals surface area contributed by atoms with Gasteiger partial charge in [-0.3, -0.25) is 9.59 Å². The topological polar surface area (TPSA) is 79.3 Å². The molecule has 106 valence electrons. The van der Waals surface area contributed by atoms with E-state index in [9.17, 15) is 9.59 Å². The minimum absolute atomic E-state index is 0.0461. The van der Waals surface area contributed by atoms with Crippen LogP contribution in [0.15, 0.2) is 5.38 Å². The number of aliphatic carboxylic acids is 1. The van der Waals surface area contributed by atoms with Crippen molar-refractivity contribution in [1.82, 2.24) is 10.3 Å². The summed E-state index contributed by atoms with van der Waals surface area (Å²) in [5, 5.41) is 14.3. The summed E-state index contributed by atoms with van der Waals surface area (Å²) in [5.74, 6) is -0.970. The highest BCUT2D eigenvalue weighted by Gasteiger charge is 2.22. The molecule has 0 atom stereocenters. The summed E-state index contributed by atoms with van der Waals surface area (Å²) in [7, 11) is 0. The Labute approximate surface area is 117 Å². The molecule has 1 aromatic rings. The molecule has 0 aliphatic rings. The highest BCUT2D eigenvalue weighted by Crippen LogP contribution is 2.14. The molecule has 1 rings (SSSR count). The lowest BCUT2D eigenvalue weighted by atomic mass is 9.98. The van der Waals surface area contributed by atoms with Gasteiger partial charge in [-0.2, -0.15) is 0 Å². The maximum atomic E-state index is 11.9. The Bertz CT molecular complexity index is 454. The molecule has 1 aromatic heterocycles. The van der Waals surface area contributed by atoms with Gasteiger partial charge < -0.3 is 10.4 Å². The fourth-order valence-electron chi connectivity index (χ4n) is 1.63. The first-order valence-corrected chi connectivity index (χ1v) is 7.16. The largest absolute Gasteiger partial charge is 0.481 e. The molecule has 1 heterocycles. The number of rotatable bonds is 7. The van der Waals surface area contributed by atoms with E-state index < -0.39 is 11.5 Å². The normalized spacial score (nSPS) is 11.3. The van der Waals surface area contributed by atoms with Crippen LogP contribution in [0, 0.1) is 0 Å². The van der Waals surface area contributed by atoms with Gasteiger partial charge in [0.05, 0.1) is 12.1 Å². The van der Waals surface area contributed by atoms with Gasteiger partial charge in [-0.15, -0.1) is 11.3 Å². The van der Waals surface area contributed by atoms with Gasteiger partial charge in [0.15, 0.2) is 0 Å². The number of carbonyl (C=O) groups is 2. The van der Waals surface area contributed by atoms with E-state index in [1.165, 1.54) is 11.3 Å². The van der Waals surface area contributed by atoms with Crippen molar-refractivity contribution in [2.45, 2.75) is 52.0 Å². The van der Waals surface area contributed by atoms with Gasteiger partial charge in [0.25, 0.3) is 0 Å². The summed E-state index contributed by atoms with van der Waals surface area (Å²) in [4.78, 5) is 26.8. The van der Waals surface area contributed by atoms with Crippen molar-refractivity contribution in [1.29, 1.82) is 0 Å². The molecule has 1 amide bonds. The highest BCUT2D eigenvalue weighted by atomic mass is 32.1. The fourth-order valence-corrected chi connectivity index (χ4v) is 2.51. The van der Waals surface area contributed by atoms with Gasteiger partial charge in [-0.25, -0.2) is 4.98 Å². The molecule has 0 aliphatic carbocycles. The van der Waals surface area contributed by atoms with Crippen LogP contribution in [0.3, 0.4) is 0 Å². The lowest BCUT2D eigenvalue weighted by Gasteiger charge is -2.25. The molecule has 5 nitrogen and oxygen atoms in total. The number of hydrogen-bond donors (Lipinski definition) is 2. The third kappa shape index (κ3) is 5.83. The maximum Gasteiger partial charge on any atom is 0.303 e. The van der Waals surface area contributed by atoms with E-state index in [-0.39, 0.29) is 18.7 Å². The summed E-state index contributed by atoms with van der Waals surface area (Å²) in [6.07, 6.45) is 1.57. The van der Waals surface area contributed by atoms with Gasteiger partial charge in [-0.1, -0.05) is 6.92 Å². The van der Waals surface area contributed by atoms with Gasteiger partial charge in [0, 0.05) is 17.3 Å². The molecule has 0 bridgehead atoms. The van der Waals surface area contributed by atoms with E-state index in [1.54, 1.807) is 0 Å². The van der Waals surface area contributed by atoms with Gasteiger partial charge in [0.1, 0.15) is 5.01 Å². The lowest BCUT2D eigenvalue weighted by Crippen LogP contribution is -2.44. The van der Waals surface area contributed by atoms with Crippen molar-refractivity contribution in [2.24, 2.45) is 0 Å². The SMILES string of the molecule is CCc1csc(CC(=O)NC(C)(C)CCC(=O)O)n1. The molecule has 0 unspecified atom stereocenters. The Morgan fingerprint density at radius 3 is 2.68 bits per heavy atom. The summed E-state index contributed by atoms with van der Waals surface area (Å²) in [6.45, 7) is 5.67. The number of amides is 1. The first-order valence-electron chi connectivity index (χ1n) is 6.28. The number of nitrogens with one attached hydrogen (secondary N) is 1. The molecular formula is C13H20N2O3S. The van der Waals surface area contributed by atoms with E-state index in [2.05, 4.69) is 10.3 Å². The van der Waals surface area contributed by atoms with Crippen LogP contribution in [-0.2, 0) is 22.4 Å². The Hall–Kier alpha value is -1.43. The van der Waals surface area contributed by atoms with Gasteiger partial charge in [0.2, 0.25) is 5.91 Å². The van der Waals surface area contributed by atoms with E-state index in [0.717, 1.165) is 17.1 Å². The quantitative estimate of drug-likeness (QED) is 0.802. The molecule has 0 aromatic carbocycles. The average Bonchev–Trinajstić information content (AvgIpc) is 2.73. The van der Waals surface area contributed by atoms with E-state index in [4.69, 9.17) is 5.11 Å². The lowest BCUT2D eigenvalue weighted by molar-refractivity contribution is -0.137. The minimum Gasteiger partial charge on any atom is -0.481 e. The maximum absolute atomic E-state index is 11.9. The molecule has 0 fully saturated rings. The Balaban J connectivity index is 2.47. The van der Waals surface area contributed by atoms with Crippen LogP contribution in [-0.4, -0.2) is 27.5 Å². The van der Waals surface area contributed by atoms with E-state index in [1.807, 2.05) is 26.2 Å². The zero-order chi connectivity index (χ0) is 14.5. The number of carbonyl (C=O) groups excluding carboxylic acids is 1. The number of thiazole rings is 1. The summed E-state index contributed by atoms with van der Waals surface area (Å²) in [5.41, 5.74) is 0.485. The predicted octanol–water partition coefficient (Wildman–Crippen LogP) is 2.01. The minimum atomic E-state index is -0.852. The Kier molecular flexibility index (Phi) is 5.47. The van der Waals surface area contributed by atoms with Crippen molar-refractivity contribution in [2.75, 3.05) is 0 Å². The molecule has 2 N–H and O–H groups in total. The van der Waals surface area contributed by atoms with Crippen LogP contribution < -0.4 is 5.32 Å². The molecule has 0 aliphatic heterocycles. The Morgan fingerprint density at radius 1 is 1.47 bits per heavy atom. The molecular weight excluding hydrogens is 264 g/mol. The average molecular weight is 284 g/mol. The summed E-state index contributed by atoms with van der Waals surface area (Å²) in [6, 6.07) is 0.